The SMILES string of the molecule is COc1ccc(C(=O)N(c2ccc(Cl)cc2)[C@H]2C=CS(=O)(=O)C2)cc1. The maximum Gasteiger partial charge on any atom is 0.258 e. The minimum atomic E-state index is -3.30. The highest BCUT2D eigenvalue weighted by Crippen LogP contribution is 2.26. The van der Waals surface area contributed by atoms with Crippen LogP contribution in [0.5, 0.6) is 5.75 Å². The zero-order chi connectivity index (χ0) is 18.0. The van der Waals surface area contributed by atoms with E-state index in [-0.39, 0.29) is 11.7 Å². The largest absolute Gasteiger partial charge is 0.497 e. The van der Waals surface area contributed by atoms with Crippen LogP contribution in [0.4, 0.5) is 5.69 Å². The van der Waals surface area contributed by atoms with Gasteiger partial charge in [0.15, 0.2) is 9.84 Å². The number of sulfone groups is 1. The second kappa shape index (κ2) is 6.90. The molecule has 0 aliphatic carbocycles. The van der Waals surface area contributed by atoms with Crippen molar-refractivity contribution in [3.63, 3.8) is 0 Å². The Labute approximate surface area is 151 Å². The summed E-state index contributed by atoms with van der Waals surface area (Å²) in [5, 5.41) is 1.69. The van der Waals surface area contributed by atoms with Crippen LogP contribution < -0.4 is 9.64 Å². The number of benzene rings is 2. The molecule has 5 nitrogen and oxygen atoms in total. The van der Waals surface area contributed by atoms with Gasteiger partial charge in [-0.2, -0.15) is 0 Å². The van der Waals surface area contributed by atoms with E-state index in [9.17, 15) is 13.2 Å². The number of anilines is 1. The molecule has 1 aliphatic rings. The summed E-state index contributed by atoms with van der Waals surface area (Å²) >= 11 is 5.92. The maximum atomic E-state index is 13.1. The number of hydrogen-bond donors (Lipinski definition) is 0. The van der Waals surface area contributed by atoms with Crippen molar-refractivity contribution in [3.8, 4) is 5.75 Å². The number of carbonyl (C=O) groups excluding carboxylic acids is 1. The molecule has 1 atom stereocenters. The summed E-state index contributed by atoms with van der Waals surface area (Å²) in [7, 11) is -1.76. The van der Waals surface area contributed by atoms with Crippen LogP contribution in [0.1, 0.15) is 10.4 Å². The lowest BCUT2D eigenvalue weighted by atomic mass is 10.1. The van der Waals surface area contributed by atoms with Crippen LogP contribution >= 0.6 is 11.6 Å². The van der Waals surface area contributed by atoms with Gasteiger partial charge in [-0.1, -0.05) is 11.6 Å². The molecule has 1 amide bonds. The van der Waals surface area contributed by atoms with Gasteiger partial charge in [0.05, 0.1) is 18.9 Å². The Bertz CT molecular complexity index is 905. The summed E-state index contributed by atoms with van der Waals surface area (Å²) < 4.78 is 28.7. The van der Waals surface area contributed by atoms with Crippen molar-refractivity contribution >= 4 is 33.0 Å². The van der Waals surface area contributed by atoms with Crippen molar-refractivity contribution in [1.29, 1.82) is 0 Å². The molecule has 0 fully saturated rings. The van der Waals surface area contributed by atoms with E-state index in [1.165, 1.54) is 11.0 Å². The molecular formula is C18H16ClNO4S. The first-order valence-corrected chi connectivity index (χ1v) is 9.63. The van der Waals surface area contributed by atoms with Crippen LogP contribution in [0.25, 0.3) is 0 Å². The molecule has 0 saturated carbocycles. The second-order valence-electron chi connectivity index (χ2n) is 5.61. The first-order valence-electron chi connectivity index (χ1n) is 7.54. The van der Waals surface area contributed by atoms with E-state index in [0.29, 0.717) is 22.0 Å². The fourth-order valence-corrected chi connectivity index (χ4v) is 4.05. The Kier molecular flexibility index (Phi) is 4.83. The summed E-state index contributed by atoms with van der Waals surface area (Å²) in [5.41, 5.74) is 1.02. The summed E-state index contributed by atoms with van der Waals surface area (Å²) in [4.78, 5) is 14.5. The Hall–Kier alpha value is -2.31. The lowest BCUT2D eigenvalue weighted by Crippen LogP contribution is -2.41. The molecule has 2 aromatic carbocycles. The summed E-state index contributed by atoms with van der Waals surface area (Å²) in [6.45, 7) is 0. The van der Waals surface area contributed by atoms with Gasteiger partial charge < -0.3 is 9.64 Å². The van der Waals surface area contributed by atoms with Crippen molar-refractivity contribution in [3.05, 3.63) is 70.6 Å². The fourth-order valence-electron chi connectivity index (χ4n) is 2.65. The molecule has 0 N–H and O–H groups in total. The van der Waals surface area contributed by atoms with Crippen molar-refractivity contribution < 1.29 is 17.9 Å². The summed E-state index contributed by atoms with van der Waals surface area (Å²) in [6.07, 6.45) is 1.53. The van der Waals surface area contributed by atoms with Gasteiger partial charge in [0.1, 0.15) is 5.75 Å². The average Bonchev–Trinajstić information content (AvgIpc) is 2.96. The lowest BCUT2D eigenvalue weighted by molar-refractivity contribution is 0.0983. The fraction of sp³-hybridized carbons (Fsp3) is 0.167. The molecule has 7 heteroatoms. The minimum Gasteiger partial charge on any atom is -0.497 e. The molecule has 0 aromatic heterocycles. The predicted octanol–water partition coefficient (Wildman–Crippen LogP) is 3.31. The van der Waals surface area contributed by atoms with Crippen LogP contribution in [-0.2, 0) is 9.84 Å². The maximum absolute atomic E-state index is 13.1. The number of amides is 1. The summed E-state index contributed by atoms with van der Waals surface area (Å²) in [6, 6.07) is 12.8. The summed E-state index contributed by atoms with van der Waals surface area (Å²) in [5.74, 6) is 0.201. The smallest absolute Gasteiger partial charge is 0.258 e. The van der Waals surface area contributed by atoms with Gasteiger partial charge in [0, 0.05) is 21.7 Å². The third-order valence-electron chi connectivity index (χ3n) is 3.90. The molecule has 1 heterocycles. The van der Waals surface area contributed by atoms with Crippen molar-refractivity contribution in [2.24, 2.45) is 0 Å². The number of halogens is 1. The van der Waals surface area contributed by atoms with Crippen LogP contribution in [-0.4, -0.2) is 33.2 Å². The van der Waals surface area contributed by atoms with Crippen LogP contribution in [0.2, 0.25) is 5.02 Å². The van der Waals surface area contributed by atoms with Crippen LogP contribution in [0.15, 0.2) is 60.0 Å². The van der Waals surface area contributed by atoms with E-state index in [1.54, 1.807) is 55.6 Å². The molecule has 0 bridgehead atoms. The van der Waals surface area contributed by atoms with Gasteiger partial charge in [-0.25, -0.2) is 8.42 Å². The van der Waals surface area contributed by atoms with Gasteiger partial charge in [0.25, 0.3) is 5.91 Å². The molecule has 2 aromatic rings. The second-order valence-corrected chi connectivity index (χ2v) is 7.97. The van der Waals surface area contributed by atoms with Crippen molar-refractivity contribution in [2.75, 3.05) is 17.8 Å². The molecule has 130 valence electrons. The highest BCUT2D eigenvalue weighted by Gasteiger charge is 2.32. The normalized spacial score (nSPS) is 18.1. The number of nitrogens with zero attached hydrogens (tertiary/aromatic N) is 1. The van der Waals surface area contributed by atoms with Gasteiger partial charge in [-0.15, -0.1) is 0 Å². The van der Waals surface area contributed by atoms with Gasteiger partial charge in [-0.05, 0) is 54.6 Å². The molecule has 1 aliphatic heterocycles. The van der Waals surface area contributed by atoms with E-state index in [0.717, 1.165) is 5.41 Å². The Morgan fingerprint density at radius 1 is 1.12 bits per heavy atom. The highest BCUT2D eigenvalue weighted by atomic mass is 35.5. The molecule has 0 radical (unpaired) electrons. The first kappa shape index (κ1) is 17.5. The number of ether oxygens (including phenoxy) is 1. The Morgan fingerprint density at radius 2 is 1.76 bits per heavy atom. The third-order valence-corrected chi connectivity index (χ3v) is 5.53. The third kappa shape index (κ3) is 3.86. The average molecular weight is 378 g/mol. The van der Waals surface area contributed by atoms with Gasteiger partial charge in [-0.3, -0.25) is 4.79 Å². The predicted molar refractivity (Wildman–Crippen MR) is 98.0 cm³/mol. The molecule has 3 rings (SSSR count). The molecular weight excluding hydrogens is 362 g/mol. The van der Waals surface area contributed by atoms with E-state index >= 15 is 0 Å². The van der Waals surface area contributed by atoms with Gasteiger partial charge in [0.2, 0.25) is 0 Å². The van der Waals surface area contributed by atoms with Crippen molar-refractivity contribution in [2.45, 2.75) is 6.04 Å². The Morgan fingerprint density at radius 3 is 2.28 bits per heavy atom. The standard InChI is InChI=1S/C18H16ClNO4S/c1-24-17-8-2-13(3-9-17)18(21)20(15-6-4-14(19)5-7-15)16-10-11-25(22,23)12-16/h2-11,16H,12H2,1H3/t16-/m0/s1. The molecule has 0 spiro atoms. The number of hydrogen-bond acceptors (Lipinski definition) is 4. The van der Waals surface area contributed by atoms with E-state index in [4.69, 9.17) is 16.3 Å². The van der Waals surface area contributed by atoms with Crippen LogP contribution in [0.3, 0.4) is 0 Å². The van der Waals surface area contributed by atoms with Gasteiger partial charge >= 0.3 is 0 Å². The Balaban J connectivity index is 1.99. The van der Waals surface area contributed by atoms with E-state index in [1.807, 2.05) is 0 Å². The minimum absolute atomic E-state index is 0.141. The topological polar surface area (TPSA) is 63.7 Å². The first-order chi connectivity index (χ1) is 11.9. The number of rotatable bonds is 4. The molecule has 0 saturated heterocycles. The zero-order valence-electron chi connectivity index (χ0n) is 13.4. The van der Waals surface area contributed by atoms with E-state index < -0.39 is 15.9 Å². The molecule has 0 unspecified atom stereocenters. The van der Waals surface area contributed by atoms with Crippen LogP contribution in [0, 0.1) is 0 Å². The lowest BCUT2D eigenvalue weighted by Gasteiger charge is -2.28. The highest BCUT2D eigenvalue weighted by molar-refractivity contribution is 7.94. The monoisotopic (exact) mass is 377 g/mol. The van der Waals surface area contributed by atoms with E-state index in [2.05, 4.69) is 0 Å². The number of carbonyl (C=O) groups is 1. The zero-order valence-corrected chi connectivity index (χ0v) is 15.0. The molecule has 25 heavy (non-hydrogen) atoms. The number of methoxy groups -OCH3 is 1. The van der Waals surface area contributed by atoms with Crippen molar-refractivity contribution in [1.82, 2.24) is 0 Å². The quantitative estimate of drug-likeness (QED) is 0.820.